The molecule has 0 N–H and O–H groups in total. The molecule has 52 heavy (non-hydrogen) atoms. The minimum Gasteiger partial charge on any atom is -0.670 e. The van der Waals surface area contributed by atoms with Crippen LogP contribution in [0.4, 0.5) is 0 Å². The Bertz CT molecular complexity index is 1670. The molecule has 0 saturated carbocycles. The Morgan fingerprint density at radius 1 is 0.346 bits per heavy atom. The van der Waals surface area contributed by atoms with Crippen LogP contribution in [0.5, 0.6) is 0 Å². The first-order valence-corrected chi connectivity index (χ1v) is 18.4. The first kappa shape index (κ1) is 41.8. The molecule has 0 saturated heterocycles. The van der Waals surface area contributed by atoms with E-state index in [2.05, 4.69) is 130 Å². The molecule has 0 atom stereocenters. The first-order chi connectivity index (χ1) is 25.1. The molecule has 0 amide bonds. The van der Waals surface area contributed by atoms with Crippen molar-refractivity contribution in [3.05, 3.63) is 272 Å². The maximum Gasteiger partial charge on any atom is 0 e. The number of benzene rings is 7. The molecule has 0 aliphatic heterocycles. The van der Waals surface area contributed by atoms with Gasteiger partial charge in [0.25, 0.3) is 0 Å². The molecule has 0 radical (unpaired) electrons. The molecule has 0 aromatic heterocycles. The molecular weight excluding hydrogens is 814 g/mol. The van der Waals surface area contributed by atoms with Crippen LogP contribution >= 0.6 is 7.92 Å². The second-order valence-electron chi connectivity index (χ2n) is 11.5. The van der Waals surface area contributed by atoms with E-state index < -0.39 is 7.92 Å². The number of rotatable bonds is 9. The molecular formula is C48H46HfN2P-5. The largest absolute Gasteiger partial charge is 0.670 e. The summed E-state index contributed by atoms with van der Waals surface area (Å²) in [5.74, 6) is -0.106. The fourth-order valence-electron chi connectivity index (χ4n) is 4.79. The quantitative estimate of drug-likeness (QED) is 0.0786. The average molecular weight is 860 g/mol. The SMILES string of the molecule is [CH2-]c1ccccc1.[CH2-]c1ccccc1.[CH2-]c1ccccc1.[Hf].c1ccc(C[N-]C([N-]Cc2ccccc2)P(c2ccccc2)c2ccccc2)cc1. The molecule has 0 fully saturated rings. The van der Waals surface area contributed by atoms with Crippen LogP contribution in [0.2, 0.25) is 0 Å². The Labute approximate surface area is 332 Å². The van der Waals surface area contributed by atoms with Crippen LogP contribution < -0.4 is 10.6 Å². The molecule has 0 aliphatic carbocycles. The van der Waals surface area contributed by atoms with Crippen molar-refractivity contribution in [1.29, 1.82) is 0 Å². The summed E-state index contributed by atoms with van der Waals surface area (Å²) in [6.07, 6.45) is 0. The summed E-state index contributed by atoms with van der Waals surface area (Å²) in [5.41, 5.74) is 5.65. The van der Waals surface area contributed by atoms with E-state index in [1.165, 1.54) is 21.7 Å². The van der Waals surface area contributed by atoms with Gasteiger partial charge in [0.15, 0.2) is 0 Å². The zero-order chi connectivity index (χ0) is 35.8. The van der Waals surface area contributed by atoms with E-state index in [1.54, 1.807) is 0 Å². The van der Waals surface area contributed by atoms with Crippen LogP contribution in [0.1, 0.15) is 27.8 Å². The Morgan fingerprint density at radius 3 is 0.808 bits per heavy atom. The van der Waals surface area contributed by atoms with Gasteiger partial charge in [0.2, 0.25) is 0 Å². The van der Waals surface area contributed by atoms with Gasteiger partial charge in [-0.1, -0.05) is 159 Å². The third kappa shape index (κ3) is 16.6. The number of hydrogen-bond acceptors (Lipinski definition) is 0. The zero-order valence-corrected chi connectivity index (χ0v) is 34.1. The van der Waals surface area contributed by atoms with Crippen molar-refractivity contribution in [1.82, 2.24) is 0 Å². The van der Waals surface area contributed by atoms with E-state index in [0.717, 1.165) is 16.7 Å². The van der Waals surface area contributed by atoms with Crippen LogP contribution in [0.3, 0.4) is 0 Å². The van der Waals surface area contributed by atoms with E-state index in [-0.39, 0.29) is 31.8 Å². The van der Waals surface area contributed by atoms with Gasteiger partial charge in [-0.05, 0) is 10.6 Å². The van der Waals surface area contributed by atoms with Gasteiger partial charge in [0.1, 0.15) is 0 Å². The second kappa shape index (κ2) is 25.3. The van der Waals surface area contributed by atoms with Gasteiger partial charge in [-0.3, -0.25) is 0 Å². The van der Waals surface area contributed by atoms with Crippen molar-refractivity contribution >= 4 is 18.5 Å². The van der Waals surface area contributed by atoms with Crippen molar-refractivity contribution < 1.29 is 25.8 Å². The molecule has 0 spiro atoms. The van der Waals surface area contributed by atoms with E-state index in [0.29, 0.717) is 13.1 Å². The van der Waals surface area contributed by atoms with Crippen LogP contribution in [0.25, 0.3) is 10.6 Å². The van der Waals surface area contributed by atoms with Gasteiger partial charge in [-0.2, -0.15) is 73.9 Å². The molecule has 0 aliphatic rings. The molecule has 7 aromatic rings. The maximum absolute atomic E-state index is 5.12. The fourth-order valence-corrected chi connectivity index (χ4v) is 7.10. The maximum atomic E-state index is 5.12. The molecule has 7 rings (SSSR count). The third-order valence-electron chi connectivity index (χ3n) is 7.39. The van der Waals surface area contributed by atoms with Gasteiger partial charge in [-0.25, -0.2) is 5.91 Å². The summed E-state index contributed by atoms with van der Waals surface area (Å²) in [4.78, 5) is 0. The van der Waals surface area contributed by atoms with Crippen molar-refractivity contribution in [2.75, 3.05) is 0 Å². The molecule has 4 heteroatoms. The summed E-state index contributed by atoms with van der Waals surface area (Å²) in [6, 6.07) is 71.9. The third-order valence-corrected chi connectivity index (χ3v) is 9.89. The van der Waals surface area contributed by atoms with E-state index in [4.69, 9.17) is 10.6 Å². The molecule has 262 valence electrons. The monoisotopic (exact) mass is 861 g/mol. The van der Waals surface area contributed by atoms with Crippen LogP contribution in [-0.2, 0) is 38.9 Å². The second-order valence-corrected chi connectivity index (χ2v) is 13.7. The smallest absolute Gasteiger partial charge is 0 e. The van der Waals surface area contributed by atoms with E-state index in [1.807, 2.05) is 103 Å². The molecule has 0 heterocycles. The summed E-state index contributed by atoms with van der Waals surface area (Å²) in [6.45, 7) is 12.5. The van der Waals surface area contributed by atoms with Crippen LogP contribution in [0.15, 0.2) is 212 Å². The average Bonchev–Trinajstić information content (AvgIpc) is 3.19. The molecule has 0 bridgehead atoms. The van der Waals surface area contributed by atoms with Gasteiger partial charge in [0.05, 0.1) is 0 Å². The standard InChI is InChI=1S/C27H25N2P.3C7H7.Hf/c1-5-13-23(14-6-1)21-28-27(29-22-24-15-7-2-8-16-24)30(25-17-9-3-10-18-25)26-19-11-4-12-20-26;3*1-7-5-3-2-4-6-7;/h1-20,27H,21-22H2;3*2-6H,1H2;/q-2;3*-1;. The van der Waals surface area contributed by atoms with Crippen molar-refractivity contribution in [3.63, 3.8) is 0 Å². The summed E-state index contributed by atoms with van der Waals surface area (Å²) >= 11 is 0. The van der Waals surface area contributed by atoms with Crippen LogP contribution in [-0.4, -0.2) is 5.91 Å². The molecule has 7 aromatic carbocycles. The van der Waals surface area contributed by atoms with Crippen molar-refractivity contribution in [2.24, 2.45) is 0 Å². The van der Waals surface area contributed by atoms with Crippen molar-refractivity contribution in [2.45, 2.75) is 19.0 Å². The minimum atomic E-state index is -0.740. The van der Waals surface area contributed by atoms with Gasteiger partial charge in [-0.15, -0.1) is 49.5 Å². The topological polar surface area (TPSA) is 28.2 Å². The molecule has 2 nitrogen and oxygen atoms in total. The summed E-state index contributed by atoms with van der Waals surface area (Å²) < 4.78 is 0. The van der Waals surface area contributed by atoms with Gasteiger partial charge < -0.3 is 10.6 Å². The normalized spacial score (nSPS) is 9.88. The van der Waals surface area contributed by atoms with E-state index in [9.17, 15) is 0 Å². The van der Waals surface area contributed by atoms with Gasteiger partial charge in [0, 0.05) is 25.8 Å². The van der Waals surface area contributed by atoms with Crippen LogP contribution in [0, 0.1) is 20.8 Å². The van der Waals surface area contributed by atoms with E-state index >= 15 is 0 Å². The predicted octanol–water partition coefficient (Wildman–Crippen LogP) is 12.2. The summed E-state index contributed by atoms with van der Waals surface area (Å²) in [7, 11) is -0.740. The minimum absolute atomic E-state index is 0. The zero-order valence-electron chi connectivity index (χ0n) is 29.7. The Morgan fingerprint density at radius 2 is 0.577 bits per heavy atom. The first-order valence-electron chi connectivity index (χ1n) is 17.0. The Kier molecular flexibility index (Phi) is 20.4. The summed E-state index contributed by atoms with van der Waals surface area (Å²) in [5, 5.41) is 12.9. The Balaban J connectivity index is 0.000000265. The Hall–Kier alpha value is -4.63. The number of nitrogens with zero attached hydrogens (tertiary/aromatic N) is 2. The predicted molar refractivity (Wildman–Crippen MR) is 223 cm³/mol. The van der Waals surface area contributed by atoms with Crippen molar-refractivity contribution in [3.8, 4) is 0 Å². The molecule has 0 unspecified atom stereocenters. The number of hydrogen-bond donors (Lipinski definition) is 0. The van der Waals surface area contributed by atoms with Gasteiger partial charge >= 0.3 is 0 Å². The fraction of sp³-hybridized carbons (Fsp3) is 0.0625.